The van der Waals surface area contributed by atoms with E-state index in [1.807, 2.05) is 0 Å². The van der Waals surface area contributed by atoms with Crippen LogP contribution in [0.15, 0.2) is 0 Å². The highest BCUT2D eigenvalue weighted by molar-refractivity contribution is 7.80. The molecule has 1 saturated carbocycles. The Morgan fingerprint density at radius 2 is 1.89 bits per heavy atom. The van der Waals surface area contributed by atoms with E-state index in [1.54, 1.807) is 30.7 Å². The maximum Gasteiger partial charge on any atom is 0.247 e. The zero-order chi connectivity index (χ0) is 13.7. The molecule has 0 aromatic heterocycles. The molecular formula is C12H19N3O2S. The van der Waals surface area contributed by atoms with Crippen molar-refractivity contribution in [2.24, 2.45) is 11.1 Å². The molecule has 5 nitrogen and oxygen atoms in total. The van der Waals surface area contributed by atoms with Crippen molar-refractivity contribution in [3.8, 4) is 0 Å². The third-order valence-electron chi connectivity index (χ3n) is 4.08. The Bertz CT molecular complexity index is 429. The predicted octanol–water partition coefficient (Wildman–Crippen LogP) is 0.132. The Morgan fingerprint density at radius 1 is 1.33 bits per heavy atom. The van der Waals surface area contributed by atoms with E-state index in [2.05, 4.69) is 0 Å². The molecule has 18 heavy (non-hydrogen) atoms. The van der Waals surface area contributed by atoms with Gasteiger partial charge in [0.15, 0.2) is 0 Å². The molecule has 0 atom stereocenters. The van der Waals surface area contributed by atoms with E-state index in [9.17, 15) is 9.59 Å². The summed E-state index contributed by atoms with van der Waals surface area (Å²) in [4.78, 5) is 28.3. The van der Waals surface area contributed by atoms with Crippen LogP contribution < -0.4 is 5.73 Å². The zero-order valence-corrected chi connectivity index (χ0v) is 11.8. The van der Waals surface area contributed by atoms with Crippen LogP contribution in [0.1, 0.15) is 26.7 Å². The second-order valence-corrected chi connectivity index (χ2v) is 6.13. The van der Waals surface area contributed by atoms with Gasteiger partial charge in [0.05, 0.1) is 10.4 Å². The Kier molecular flexibility index (Phi) is 2.88. The number of rotatable bonds is 2. The monoisotopic (exact) mass is 269 g/mol. The average molecular weight is 269 g/mol. The molecule has 1 aliphatic heterocycles. The molecule has 2 aliphatic rings. The Hall–Kier alpha value is -1.17. The quantitative estimate of drug-likeness (QED) is 0.724. The van der Waals surface area contributed by atoms with Gasteiger partial charge in [0.1, 0.15) is 5.54 Å². The van der Waals surface area contributed by atoms with Crippen molar-refractivity contribution in [2.75, 3.05) is 20.1 Å². The molecule has 0 aromatic carbocycles. The molecule has 1 aliphatic carbocycles. The van der Waals surface area contributed by atoms with Crippen molar-refractivity contribution in [2.45, 2.75) is 32.2 Å². The highest BCUT2D eigenvalue weighted by Crippen LogP contribution is 2.48. The fraction of sp³-hybridized carbons (Fsp3) is 0.750. The molecular weight excluding hydrogens is 250 g/mol. The number of nitrogens with two attached hydrogens (primary N) is 1. The Morgan fingerprint density at radius 3 is 2.33 bits per heavy atom. The van der Waals surface area contributed by atoms with Crippen LogP contribution in [0.25, 0.3) is 0 Å². The molecule has 1 saturated heterocycles. The normalized spacial score (nSPS) is 24.9. The molecule has 2 rings (SSSR count). The Labute approximate surface area is 112 Å². The van der Waals surface area contributed by atoms with Gasteiger partial charge in [0, 0.05) is 20.1 Å². The van der Waals surface area contributed by atoms with Crippen molar-refractivity contribution < 1.29 is 9.59 Å². The van der Waals surface area contributed by atoms with Crippen molar-refractivity contribution in [3.05, 3.63) is 0 Å². The number of hydrogen-bond donors (Lipinski definition) is 1. The smallest absolute Gasteiger partial charge is 0.247 e. The van der Waals surface area contributed by atoms with E-state index in [0.717, 1.165) is 0 Å². The summed E-state index contributed by atoms with van der Waals surface area (Å²) >= 11 is 5.00. The summed E-state index contributed by atoms with van der Waals surface area (Å²) < 4.78 is 0. The summed E-state index contributed by atoms with van der Waals surface area (Å²) in [5, 5.41) is 0. The van der Waals surface area contributed by atoms with E-state index in [1.165, 1.54) is 0 Å². The van der Waals surface area contributed by atoms with Crippen LogP contribution in [0.3, 0.4) is 0 Å². The standard InChI is InChI=1S/C12H19N3O2S/c1-11(2)9(16)14(3)6-7-15(11)10(17)12(4-5-12)8(13)18/h4-7H2,1-3H3,(H2,13,18). The van der Waals surface area contributed by atoms with E-state index in [-0.39, 0.29) is 16.8 Å². The number of nitrogens with zero attached hydrogens (tertiary/aromatic N) is 2. The number of amides is 2. The molecule has 100 valence electrons. The molecule has 0 bridgehead atoms. The zero-order valence-electron chi connectivity index (χ0n) is 11.0. The van der Waals surface area contributed by atoms with Crippen molar-refractivity contribution in [1.29, 1.82) is 0 Å². The first-order valence-electron chi connectivity index (χ1n) is 6.11. The van der Waals surface area contributed by atoms with Gasteiger partial charge in [-0.25, -0.2) is 0 Å². The summed E-state index contributed by atoms with van der Waals surface area (Å²) in [6.45, 7) is 4.65. The van der Waals surface area contributed by atoms with Gasteiger partial charge in [0.2, 0.25) is 11.8 Å². The number of likely N-dealkylation sites (N-methyl/N-ethyl adjacent to an activating group) is 1. The number of carbonyl (C=O) groups excluding carboxylic acids is 2. The molecule has 0 radical (unpaired) electrons. The highest BCUT2D eigenvalue weighted by Gasteiger charge is 2.58. The third-order valence-corrected chi connectivity index (χ3v) is 4.47. The number of hydrogen-bond acceptors (Lipinski definition) is 3. The maximum absolute atomic E-state index is 12.6. The molecule has 2 amide bonds. The van der Waals surface area contributed by atoms with Crippen molar-refractivity contribution in [1.82, 2.24) is 9.80 Å². The van der Waals surface area contributed by atoms with Gasteiger partial charge in [0.25, 0.3) is 0 Å². The lowest BCUT2D eigenvalue weighted by Gasteiger charge is -2.46. The molecule has 0 unspecified atom stereocenters. The second kappa shape index (κ2) is 3.91. The van der Waals surface area contributed by atoms with Crippen LogP contribution in [0.2, 0.25) is 0 Å². The van der Waals surface area contributed by atoms with Crippen molar-refractivity contribution >= 4 is 29.0 Å². The fourth-order valence-corrected chi connectivity index (χ4v) is 2.81. The van der Waals surface area contributed by atoms with Crippen LogP contribution in [0.5, 0.6) is 0 Å². The molecule has 1 heterocycles. The van der Waals surface area contributed by atoms with E-state index in [0.29, 0.717) is 25.9 Å². The summed E-state index contributed by atoms with van der Waals surface area (Å²) in [6.07, 6.45) is 1.41. The summed E-state index contributed by atoms with van der Waals surface area (Å²) in [7, 11) is 1.76. The highest BCUT2D eigenvalue weighted by atomic mass is 32.1. The molecule has 2 N–H and O–H groups in total. The minimum absolute atomic E-state index is 0.0409. The van der Waals surface area contributed by atoms with Gasteiger partial charge in [-0.15, -0.1) is 0 Å². The first kappa shape index (κ1) is 13.3. The molecule has 2 fully saturated rings. The fourth-order valence-electron chi connectivity index (χ4n) is 2.52. The summed E-state index contributed by atoms with van der Waals surface area (Å²) in [6, 6.07) is 0. The Balaban J connectivity index is 2.26. The summed E-state index contributed by atoms with van der Waals surface area (Å²) in [5.74, 6) is -0.123. The molecule has 6 heteroatoms. The van der Waals surface area contributed by atoms with Crippen LogP contribution in [0, 0.1) is 5.41 Å². The number of thiocarbonyl (C=S) groups is 1. The average Bonchev–Trinajstić information content (AvgIpc) is 3.06. The van der Waals surface area contributed by atoms with Gasteiger partial charge in [-0.2, -0.15) is 0 Å². The lowest BCUT2D eigenvalue weighted by Crippen LogP contribution is -2.65. The largest absolute Gasteiger partial charge is 0.392 e. The van der Waals surface area contributed by atoms with Gasteiger partial charge in [-0.05, 0) is 26.7 Å². The minimum Gasteiger partial charge on any atom is -0.392 e. The lowest BCUT2D eigenvalue weighted by molar-refractivity contribution is -0.158. The van der Waals surface area contributed by atoms with Crippen molar-refractivity contribution in [3.63, 3.8) is 0 Å². The van der Waals surface area contributed by atoms with Crippen LogP contribution in [-0.4, -0.2) is 52.3 Å². The molecule has 0 spiro atoms. The van der Waals surface area contributed by atoms with Crippen LogP contribution in [0.4, 0.5) is 0 Å². The first-order chi connectivity index (χ1) is 8.23. The maximum atomic E-state index is 12.6. The predicted molar refractivity (Wildman–Crippen MR) is 71.9 cm³/mol. The third kappa shape index (κ3) is 1.70. The number of piperazine rings is 1. The molecule has 0 aromatic rings. The topological polar surface area (TPSA) is 66.6 Å². The van der Waals surface area contributed by atoms with Crippen LogP contribution in [-0.2, 0) is 9.59 Å². The van der Waals surface area contributed by atoms with Gasteiger partial charge in [-0.1, -0.05) is 12.2 Å². The lowest BCUT2D eigenvalue weighted by atomic mass is 9.94. The summed E-state index contributed by atoms with van der Waals surface area (Å²) in [5.41, 5.74) is 4.19. The SMILES string of the molecule is CN1CCN(C(=O)C2(C(N)=S)CC2)C(C)(C)C1=O. The van der Waals surface area contributed by atoms with Crippen LogP contribution >= 0.6 is 12.2 Å². The van der Waals surface area contributed by atoms with Gasteiger partial charge >= 0.3 is 0 Å². The number of carbonyl (C=O) groups is 2. The van der Waals surface area contributed by atoms with E-state index in [4.69, 9.17) is 18.0 Å². The minimum atomic E-state index is -0.815. The van der Waals surface area contributed by atoms with E-state index >= 15 is 0 Å². The van der Waals surface area contributed by atoms with E-state index < -0.39 is 11.0 Å². The first-order valence-corrected chi connectivity index (χ1v) is 6.52. The second-order valence-electron chi connectivity index (χ2n) is 5.69. The van der Waals surface area contributed by atoms with Gasteiger partial charge < -0.3 is 15.5 Å². The van der Waals surface area contributed by atoms with Gasteiger partial charge in [-0.3, -0.25) is 9.59 Å².